The molecular weight excluding hydrogens is 445 g/mol. The highest BCUT2D eigenvalue weighted by Gasteiger charge is 2.13. The van der Waals surface area contributed by atoms with E-state index in [0.717, 1.165) is 16.3 Å². The first-order valence-corrected chi connectivity index (χ1v) is 10.7. The molecular formula is C21H17Cl2N3O3S. The van der Waals surface area contributed by atoms with Gasteiger partial charge in [0.2, 0.25) is 0 Å². The molecule has 0 radical (unpaired) electrons. The molecule has 0 atom stereocenters. The molecule has 0 saturated heterocycles. The van der Waals surface area contributed by atoms with Gasteiger partial charge in [-0.3, -0.25) is 9.36 Å². The van der Waals surface area contributed by atoms with E-state index in [1.165, 1.54) is 22.2 Å². The number of nitrogens with zero attached hydrogens (tertiary/aromatic N) is 3. The molecule has 30 heavy (non-hydrogen) atoms. The van der Waals surface area contributed by atoms with Crippen LogP contribution in [0, 0.1) is 0 Å². The van der Waals surface area contributed by atoms with E-state index in [1.807, 2.05) is 30.5 Å². The van der Waals surface area contributed by atoms with E-state index in [1.54, 1.807) is 19.2 Å². The highest BCUT2D eigenvalue weighted by molar-refractivity contribution is 7.13. The highest BCUT2D eigenvalue weighted by Crippen LogP contribution is 2.34. The fraction of sp³-hybridized carbons (Fsp3) is 0.190. The lowest BCUT2D eigenvalue weighted by atomic mass is 10.2. The van der Waals surface area contributed by atoms with Gasteiger partial charge in [-0.2, -0.15) is 0 Å². The Labute approximate surface area is 186 Å². The lowest BCUT2D eigenvalue weighted by Crippen LogP contribution is -2.21. The summed E-state index contributed by atoms with van der Waals surface area (Å²) < 4.78 is 12.5. The molecule has 6 nitrogen and oxygen atoms in total. The zero-order chi connectivity index (χ0) is 21.3. The Kier molecular flexibility index (Phi) is 5.94. The zero-order valence-corrected chi connectivity index (χ0v) is 18.5. The number of benzene rings is 2. The van der Waals surface area contributed by atoms with E-state index >= 15 is 0 Å². The summed E-state index contributed by atoms with van der Waals surface area (Å²) in [5.41, 5.74) is 1.87. The van der Waals surface area contributed by atoms with E-state index in [-0.39, 0.29) is 12.1 Å². The van der Waals surface area contributed by atoms with Gasteiger partial charge in [-0.25, -0.2) is 9.97 Å². The number of halogens is 2. The molecule has 4 rings (SSSR count). The molecule has 0 bridgehead atoms. The summed E-state index contributed by atoms with van der Waals surface area (Å²) >= 11 is 13.7. The maximum absolute atomic E-state index is 12.8. The van der Waals surface area contributed by atoms with Crippen LogP contribution in [0.2, 0.25) is 10.0 Å². The summed E-state index contributed by atoms with van der Waals surface area (Å²) in [5, 5.41) is 3.85. The number of thiazole rings is 1. The molecule has 154 valence electrons. The molecule has 0 aliphatic heterocycles. The zero-order valence-electron chi connectivity index (χ0n) is 16.2. The number of hydrogen-bond donors (Lipinski definition) is 0. The van der Waals surface area contributed by atoms with Crippen molar-refractivity contribution in [2.24, 2.45) is 0 Å². The Bertz CT molecular complexity index is 1290. The van der Waals surface area contributed by atoms with Crippen molar-refractivity contribution in [1.82, 2.24) is 14.5 Å². The van der Waals surface area contributed by atoms with Gasteiger partial charge in [0.05, 0.1) is 48.2 Å². The Morgan fingerprint density at radius 2 is 2.00 bits per heavy atom. The predicted molar refractivity (Wildman–Crippen MR) is 120 cm³/mol. The van der Waals surface area contributed by atoms with Crippen LogP contribution >= 0.6 is 34.5 Å². The van der Waals surface area contributed by atoms with Crippen molar-refractivity contribution in [3.63, 3.8) is 0 Å². The normalized spacial score (nSPS) is 11.1. The van der Waals surface area contributed by atoms with Crippen molar-refractivity contribution in [3.05, 3.63) is 68.1 Å². The molecule has 2 aromatic heterocycles. The van der Waals surface area contributed by atoms with Gasteiger partial charge >= 0.3 is 0 Å². The largest absolute Gasteiger partial charge is 0.493 e. The van der Waals surface area contributed by atoms with Gasteiger partial charge in [-0.15, -0.1) is 11.3 Å². The van der Waals surface area contributed by atoms with Crippen LogP contribution in [0.1, 0.15) is 12.6 Å². The molecule has 9 heteroatoms. The molecule has 0 saturated carbocycles. The molecule has 0 amide bonds. The van der Waals surface area contributed by atoms with Gasteiger partial charge < -0.3 is 9.47 Å². The molecule has 2 heterocycles. The maximum atomic E-state index is 12.8. The summed E-state index contributed by atoms with van der Waals surface area (Å²) in [6.45, 7) is 2.77. The number of rotatable bonds is 6. The summed E-state index contributed by atoms with van der Waals surface area (Å²) in [4.78, 5) is 21.8. The van der Waals surface area contributed by atoms with Gasteiger partial charge in [-0.1, -0.05) is 23.2 Å². The first-order valence-electron chi connectivity index (χ1n) is 9.10. The van der Waals surface area contributed by atoms with Crippen LogP contribution < -0.4 is 15.0 Å². The lowest BCUT2D eigenvalue weighted by Gasteiger charge is -2.10. The monoisotopic (exact) mass is 461 g/mol. The van der Waals surface area contributed by atoms with E-state index in [9.17, 15) is 4.79 Å². The minimum absolute atomic E-state index is 0.221. The maximum Gasteiger partial charge on any atom is 0.261 e. The molecule has 0 spiro atoms. The predicted octanol–water partition coefficient (Wildman–Crippen LogP) is 5.28. The van der Waals surface area contributed by atoms with E-state index in [0.29, 0.717) is 39.1 Å². The van der Waals surface area contributed by atoms with E-state index in [4.69, 9.17) is 32.7 Å². The number of aromatic nitrogens is 3. The van der Waals surface area contributed by atoms with E-state index in [2.05, 4.69) is 9.97 Å². The fourth-order valence-corrected chi connectivity index (χ4v) is 4.42. The molecule has 0 unspecified atom stereocenters. The first-order chi connectivity index (χ1) is 14.5. The Hall–Kier alpha value is -2.61. The molecule has 0 fully saturated rings. The van der Waals surface area contributed by atoms with Crippen molar-refractivity contribution in [1.29, 1.82) is 0 Å². The third-order valence-electron chi connectivity index (χ3n) is 4.44. The topological polar surface area (TPSA) is 66.2 Å². The lowest BCUT2D eigenvalue weighted by molar-refractivity contribution is 0.311. The van der Waals surface area contributed by atoms with Crippen molar-refractivity contribution in [3.8, 4) is 22.1 Å². The van der Waals surface area contributed by atoms with Crippen molar-refractivity contribution in [2.75, 3.05) is 13.7 Å². The minimum atomic E-state index is -0.221. The molecule has 2 aromatic carbocycles. The van der Waals surface area contributed by atoms with Crippen LogP contribution in [0.15, 0.2) is 46.8 Å². The molecule has 0 N–H and O–H groups in total. The second kappa shape index (κ2) is 8.63. The number of methoxy groups -OCH3 is 1. The van der Waals surface area contributed by atoms with Gasteiger partial charge in [0.1, 0.15) is 5.01 Å². The average molecular weight is 462 g/mol. The third-order valence-corrected chi connectivity index (χ3v) is 5.89. The van der Waals surface area contributed by atoms with Crippen LogP contribution in [-0.2, 0) is 6.54 Å². The second-order valence-corrected chi connectivity index (χ2v) is 8.11. The standard InChI is InChI=1S/C21H17Cl2N3O3S/c1-3-29-17-5-4-12(6-18(17)28-2)20-25-14(10-30-20)9-26-11-24-19-15(21(26)27)7-13(22)8-16(19)23/h4-8,10-11H,3,9H2,1-2H3. The quantitative estimate of drug-likeness (QED) is 0.390. The van der Waals surface area contributed by atoms with Gasteiger partial charge in [0, 0.05) is 16.0 Å². The van der Waals surface area contributed by atoms with Crippen molar-refractivity contribution in [2.45, 2.75) is 13.5 Å². The van der Waals surface area contributed by atoms with Crippen LogP contribution in [0.5, 0.6) is 11.5 Å². The van der Waals surface area contributed by atoms with Crippen molar-refractivity contribution >= 4 is 45.4 Å². The smallest absolute Gasteiger partial charge is 0.261 e. The number of fused-ring (bicyclic) bond motifs is 1. The summed E-state index contributed by atoms with van der Waals surface area (Å²) in [6, 6.07) is 8.84. The van der Waals surface area contributed by atoms with Gasteiger partial charge in [-0.05, 0) is 37.3 Å². The molecule has 4 aromatic rings. The third kappa shape index (κ3) is 4.01. The summed E-state index contributed by atoms with van der Waals surface area (Å²) in [6.07, 6.45) is 1.48. The summed E-state index contributed by atoms with van der Waals surface area (Å²) in [7, 11) is 1.60. The molecule has 0 aliphatic rings. The SMILES string of the molecule is CCOc1ccc(-c2nc(Cn3cnc4c(Cl)cc(Cl)cc4c3=O)cs2)cc1OC. The van der Waals surface area contributed by atoms with Gasteiger partial charge in [0.15, 0.2) is 11.5 Å². The second-order valence-electron chi connectivity index (χ2n) is 6.40. The first kappa shape index (κ1) is 20.7. The van der Waals surface area contributed by atoms with Crippen LogP contribution in [0.4, 0.5) is 0 Å². The fourth-order valence-electron chi connectivity index (χ4n) is 3.07. The Morgan fingerprint density at radius 1 is 1.17 bits per heavy atom. The van der Waals surface area contributed by atoms with E-state index < -0.39 is 0 Å². The highest BCUT2D eigenvalue weighted by atomic mass is 35.5. The van der Waals surface area contributed by atoms with Crippen LogP contribution in [0.3, 0.4) is 0 Å². The van der Waals surface area contributed by atoms with Crippen molar-refractivity contribution < 1.29 is 9.47 Å². The summed E-state index contributed by atoms with van der Waals surface area (Å²) in [5.74, 6) is 1.33. The average Bonchev–Trinajstić information content (AvgIpc) is 3.19. The van der Waals surface area contributed by atoms with Crippen LogP contribution in [-0.4, -0.2) is 28.3 Å². The Morgan fingerprint density at radius 3 is 2.77 bits per heavy atom. The Balaban J connectivity index is 1.64. The number of hydrogen-bond acceptors (Lipinski definition) is 6. The number of ether oxygens (including phenoxy) is 2. The van der Waals surface area contributed by atoms with Crippen LogP contribution in [0.25, 0.3) is 21.5 Å². The minimum Gasteiger partial charge on any atom is -0.493 e. The van der Waals surface area contributed by atoms with Gasteiger partial charge in [0.25, 0.3) is 5.56 Å². The molecule has 0 aliphatic carbocycles.